The second-order valence-electron chi connectivity index (χ2n) is 5.96. The van der Waals surface area contributed by atoms with Gasteiger partial charge in [0, 0.05) is 5.25 Å². The first kappa shape index (κ1) is 16.6. The maximum absolute atomic E-state index is 6.24. The molecule has 2 nitrogen and oxygen atoms in total. The summed E-state index contributed by atoms with van der Waals surface area (Å²) >= 11 is 1.98. The molecule has 0 bridgehead atoms. The maximum Gasteiger partial charge on any atom is 0.0957 e. The lowest BCUT2D eigenvalue weighted by molar-refractivity contribution is -0.0875. The topological polar surface area (TPSA) is 18.5 Å². The zero-order valence-electron chi connectivity index (χ0n) is 13.6. The third kappa shape index (κ3) is 4.84. The van der Waals surface area contributed by atoms with Gasteiger partial charge in [0.25, 0.3) is 0 Å². The third-order valence-electron chi connectivity index (χ3n) is 4.20. The van der Waals surface area contributed by atoms with Crippen molar-refractivity contribution in [3.8, 4) is 0 Å². The lowest BCUT2D eigenvalue weighted by atomic mass is 10.1. The second-order valence-corrected chi connectivity index (χ2v) is 7.45. The van der Waals surface area contributed by atoms with Crippen LogP contribution in [-0.4, -0.2) is 23.2 Å². The number of hydrogen-bond acceptors (Lipinski definition) is 3. The average Bonchev–Trinajstić information content (AvgIpc) is 2.61. The van der Waals surface area contributed by atoms with E-state index in [0.717, 1.165) is 12.2 Å². The Morgan fingerprint density at radius 2 is 1.43 bits per heavy atom. The summed E-state index contributed by atoms with van der Waals surface area (Å²) in [4.78, 5) is 0. The Bertz CT molecular complexity index is 573. The largest absolute Gasteiger partial charge is 0.371 e. The van der Waals surface area contributed by atoms with Crippen LogP contribution in [0.5, 0.6) is 0 Å². The van der Waals surface area contributed by atoms with Gasteiger partial charge in [-0.1, -0.05) is 67.6 Å². The number of hydrogen-bond donors (Lipinski definition) is 0. The molecule has 23 heavy (non-hydrogen) atoms. The van der Waals surface area contributed by atoms with E-state index in [1.807, 2.05) is 23.9 Å². The van der Waals surface area contributed by atoms with E-state index in [1.165, 1.54) is 11.1 Å². The summed E-state index contributed by atoms with van der Waals surface area (Å²) in [6.45, 7) is 3.56. The lowest BCUT2D eigenvalue weighted by Gasteiger charge is -2.35. The monoisotopic (exact) mass is 328 g/mol. The molecule has 3 heteroatoms. The van der Waals surface area contributed by atoms with E-state index in [1.54, 1.807) is 0 Å². The van der Waals surface area contributed by atoms with Crippen LogP contribution in [0.3, 0.4) is 0 Å². The molecule has 1 fully saturated rings. The standard InChI is InChI=1S/C20H24O2S/c1-16-20(22-15-18-10-6-3-7-11-18)19(12-13-23-16)21-14-17-8-4-2-5-9-17/h2-11,16,19-20H,12-15H2,1H3/t16-,19-,20+/m1/s1. The van der Waals surface area contributed by atoms with E-state index in [9.17, 15) is 0 Å². The SMILES string of the molecule is C[C@H]1SCC[C@@H](OCc2ccccc2)[C@H]1OCc1ccccc1. The van der Waals surface area contributed by atoms with Crippen LogP contribution >= 0.6 is 11.8 Å². The van der Waals surface area contributed by atoms with Gasteiger partial charge in [-0.25, -0.2) is 0 Å². The second kappa shape index (κ2) is 8.53. The number of benzene rings is 2. The van der Waals surface area contributed by atoms with Crippen LogP contribution in [0.4, 0.5) is 0 Å². The summed E-state index contributed by atoms with van der Waals surface area (Å²) in [5, 5.41) is 0.466. The lowest BCUT2D eigenvalue weighted by Crippen LogP contribution is -2.42. The minimum atomic E-state index is 0.151. The number of ether oxygens (including phenoxy) is 2. The molecular formula is C20H24O2S. The molecule has 3 atom stereocenters. The van der Waals surface area contributed by atoms with Gasteiger partial charge in [-0.3, -0.25) is 0 Å². The van der Waals surface area contributed by atoms with Gasteiger partial charge in [-0.05, 0) is 23.3 Å². The fourth-order valence-corrected chi connectivity index (χ4v) is 4.08. The Balaban J connectivity index is 1.58. The first-order chi connectivity index (χ1) is 11.3. The van der Waals surface area contributed by atoms with Crippen molar-refractivity contribution in [1.82, 2.24) is 0 Å². The highest BCUT2D eigenvalue weighted by Gasteiger charge is 2.32. The van der Waals surface area contributed by atoms with Gasteiger partial charge in [0.2, 0.25) is 0 Å². The molecule has 2 aromatic rings. The summed E-state index contributed by atoms with van der Waals surface area (Å²) in [5.41, 5.74) is 2.44. The summed E-state index contributed by atoms with van der Waals surface area (Å²) < 4.78 is 12.4. The van der Waals surface area contributed by atoms with E-state index < -0.39 is 0 Å². The molecule has 0 amide bonds. The minimum absolute atomic E-state index is 0.151. The van der Waals surface area contributed by atoms with Gasteiger partial charge < -0.3 is 9.47 Å². The molecule has 1 aliphatic rings. The van der Waals surface area contributed by atoms with Gasteiger partial charge in [0.15, 0.2) is 0 Å². The Morgan fingerprint density at radius 3 is 2.04 bits per heavy atom. The molecule has 0 aromatic heterocycles. The van der Waals surface area contributed by atoms with Crippen LogP contribution in [0, 0.1) is 0 Å². The molecule has 0 radical (unpaired) electrons. The van der Waals surface area contributed by atoms with E-state index in [-0.39, 0.29) is 12.2 Å². The van der Waals surface area contributed by atoms with Crippen LogP contribution in [0.25, 0.3) is 0 Å². The molecule has 0 N–H and O–H groups in total. The fraction of sp³-hybridized carbons (Fsp3) is 0.400. The Hall–Kier alpha value is -1.29. The van der Waals surface area contributed by atoms with Crippen molar-refractivity contribution in [3.05, 3.63) is 71.8 Å². The predicted molar refractivity (Wildman–Crippen MR) is 96.6 cm³/mol. The summed E-state index contributed by atoms with van der Waals surface area (Å²) in [7, 11) is 0. The highest BCUT2D eigenvalue weighted by molar-refractivity contribution is 7.99. The van der Waals surface area contributed by atoms with Crippen molar-refractivity contribution in [1.29, 1.82) is 0 Å². The van der Waals surface area contributed by atoms with Crippen LogP contribution in [0.1, 0.15) is 24.5 Å². The molecular weight excluding hydrogens is 304 g/mol. The van der Waals surface area contributed by atoms with Crippen molar-refractivity contribution in [2.75, 3.05) is 5.75 Å². The molecule has 1 heterocycles. The Morgan fingerprint density at radius 1 is 0.870 bits per heavy atom. The molecule has 1 saturated heterocycles. The van der Waals surface area contributed by atoms with Gasteiger partial charge in [0.1, 0.15) is 0 Å². The minimum Gasteiger partial charge on any atom is -0.371 e. The highest BCUT2D eigenvalue weighted by atomic mass is 32.2. The van der Waals surface area contributed by atoms with Crippen LogP contribution < -0.4 is 0 Å². The van der Waals surface area contributed by atoms with Crippen molar-refractivity contribution in [2.45, 2.75) is 44.0 Å². The van der Waals surface area contributed by atoms with Crippen molar-refractivity contribution >= 4 is 11.8 Å². The molecule has 1 aliphatic heterocycles. The van der Waals surface area contributed by atoms with Gasteiger partial charge >= 0.3 is 0 Å². The molecule has 2 aromatic carbocycles. The number of rotatable bonds is 6. The van der Waals surface area contributed by atoms with Crippen LogP contribution in [0.2, 0.25) is 0 Å². The predicted octanol–water partition coefficient (Wildman–Crippen LogP) is 4.68. The van der Waals surface area contributed by atoms with Crippen molar-refractivity contribution in [2.24, 2.45) is 0 Å². The molecule has 0 spiro atoms. The zero-order valence-corrected chi connectivity index (χ0v) is 14.4. The summed E-state index contributed by atoms with van der Waals surface area (Å²) in [5.74, 6) is 1.14. The summed E-state index contributed by atoms with van der Waals surface area (Å²) in [6.07, 6.45) is 1.38. The first-order valence-corrected chi connectivity index (χ1v) is 9.30. The van der Waals surface area contributed by atoms with Crippen molar-refractivity contribution < 1.29 is 9.47 Å². The van der Waals surface area contributed by atoms with Gasteiger partial charge in [-0.2, -0.15) is 11.8 Å². The summed E-state index contributed by atoms with van der Waals surface area (Å²) in [6, 6.07) is 20.7. The Kier molecular flexibility index (Phi) is 6.14. The van der Waals surface area contributed by atoms with Gasteiger partial charge in [0.05, 0.1) is 25.4 Å². The van der Waals surface area contributed by atoms with E-state index >= 15 is 0 Å². The van der Waals surface area contributed by atoms with Gasteiger partial charge in [-0.15, -0.1) is 0 Å². The highest BCUT2D eigenvalue weighted by Crippen LogP contribution is 2.30. The zero-order chi connectivity index (χ0) is 15.9. The van der Waals surface area contributed by atoms with E-state index in [4.69, 9.17) is 9.47 Å². The molecule has 0 aliphatic carbocycles. The first-order valence-electron chi connectivity index (χ1n) is 8.25. The number of thioether (sulfide) groups is 1. The molecule has 122 valence electrons. The molecule has 0 unspecified atom stereocenters. The quantitative estimate of drug-likeness (QED) is 0.767. The van der Waals surface area contributed by atoms with E-state index in [0.29, 0.717) is 18.5 Å². The van der Waals surface area contributed by atoms with Crippen molar-refractivity contribution in [3.63, 3.8) is 0 Å². The average molecular weight is 328 g/mol. The molecule has 3 rings (SSSR count). The fourth-order valence-electron chi connectivity index (χ4n) is 2.90. The van der Waals surface area contributed by atoms with Crippen LogP contribution in [0.15, 0.2) is 60.7 Å². The normalized spacial score (nSPS) is 24.5. The van der Waals surface area contributed by atoms with Crippen LogP contribution in [-0.2, 0) is 22.7 Å². The van der Waals surface area contributed by atoms with E-state index in [2.05, 4.69) is 55.5 Å². The molecule has 0 saturated carbocycles. The maximum atomic E-state index is 6.24. The Labute approximate surface area is 143 Å². The third-order valence-corrected chi connectivity index (χ3v) is 5.47. The smallest absolute Gasteiger partial charge is 0.0957 e.